The highest BCUT2D eigenvalue weighted by atomic mass is 32.2. The summed E-state index contributed by atoms with van der Waals surface area (Å²) < 4.78 is 16.5. The van der Waals surface area contributed by atoms with Gasteiger partial charge in [0.25, 0.3) is 0 Å². The van der Waals surface area contributed by atoms with Crippen molar-refractivity contribution in [2.24, 2.45) is 0 Å². The Balaban J connectivity index is 1.75. The molecule has 2 aliphatic heterocycles. The second-order valence-electron chi connectivity index (χ2n) is 7.35. The molecule has 0 aliphatic carbocycles. The Labute approximate surface area is 176 Å². The highest BCUT2D eigenvalue weighted by molar-refractivity contribution is 7.99. The number of nitrogens with zero attached hydrogens (tertiary/aromatic N) is 1. The van der Waals surface area contributed by atoms with E-state index in [9.17, 15) is 9.59 Å². The summed E-state index contributed by atoms with van der Waals surface area (Å²) in [5.74, 6) is 3.18. The molecule has 0 radical (unpaired) electrons. The Morgan fingerprint density at radius 3 is 2.52 bits per heavy atom. The lowest BCUT2D eigenvalue weighted by Crippen LogP contribution is -2.37. The van der Waals surface area contributed by atoms with E-state index in [0.717, 1.165) is 59.0 Å². The zero-order valence-electron chi connectivity index (χ0n) is 17.6. The van der Waals surface area contributed by atoms with E-state index in [1.165, 1.54) is 0 Å². The SMILES string of the molecule is COc1c(C)c2c(c(OC)c1CC=C(C)CCC(=O)N1CCSCC1)C(=O)OC2. The van der Waals surface area contributed by atoms with Gasteiger partial charge in [0.15, 0.2) is 0 Å². The Hall–Kier alpha value is -2.15. The third kappa shape index (κ3) is 4.55. The Bertz CT molecular complexity index is 827. The van der Waals surface area contributed by atoms with E-state index < -0.39 is 0 Å². The van der Waals surface area contributed by atoms with Gasteiger partial charge in [-0.3, -0.25) is 4.79 Å². The molecule has 1 fully saturated rings. The summed E-state index contributed by atoms with van der Waals surface area (Å²) in [6.07, 6.45) is 3.90. The third-order valence-corrected chi connectivity index (χ3v) is 6.52. The first kappa shape index (κ1) is 21.6. The second-order valence-corrected chi connectivity index (χ2v) is 8.57. The number of cyclic esters (lactones) is 1. The van der Waals surface area contributed by atoms with Crippen LogP contribution in [0, 0.1) is 6.92 Å². The molecule has 0 unspecified atom stereocenters. The van der Waals surface area contributed by atoms with Crippen LogP contribution in [0.2, 0.25) is 0 Å². The zero-order chi connectivity index (χ0) is 21.0. The molecular formula is C22H29NO5S. The highest BCUT2D eigenvalue weighted by Crippen LogP contribution is 2.42. The quantitative estimate of drug-likeness (QED) is 0.498. The molecule has 0 aromatic heterocycles. The minimum atomic E-state index is -0.352. The molecule has 1 aromatic carbocycles. The van der Waals surface area contributed by atoms with Gasteiger partial charge >= 0.3 is 5.97 Å². The molecule has 2 heterocycles. The van der Waals surface area contributed by atoms with Crippen molar-refractivity contribution in [3.63, 3.8) is 0 Å². The van der Waals surface area contributed by atoms with Crippen LogP contribution in [0.1, 0.15) is 46.8 Å². The number of carbonyl (C=O) groups is 2. The number of rotatable bonds is 7. The number of benzene rings is 1. The van der Waals surface area contributed by atoms with Gasteiger partial charge in [-0.1, -0.05) is 11.6 Å². The van der Waals surface area contributed by atoms with Gasteiger partial charge in [-0.15, -0.1) is 0 Å². The first-order chi connectivity index (χ1) is 14.0. The van der Waals surface area contributed by atoms with Crippen LogP contribution in [-0.4, -0.2) is 55.6 Å². The number of hydrogen-bond acceptors (Lipinski definition) is 6. The lowest BCUT2D eigenvalue weighted by molar-refractivity contribution is -0.130. The minimum absolute atomic E-state index is 0.226. The van der Waals surface area contributed by atoms with Gasteiger partial charge < -0.3 is 19.1 Å². The van der Waals surface area contributed by atoms with Gasteiger partial charge in [0, 0.05) is 42.1 Å². The lowest BCUT2D eigenvalue weighted by Gasteiger charge is -2.26. The molecule has 0 N–H and O–H groups in total. The standard InChI is InChI=1S/C22H29NO5S/c1-14(6-8-18(24)23-9-11-29-12-10-23)5-7-16-20(26-3)15(2)17-13-28-22(25)19(17)21(16)27-4/h5H,6-13H2,1-4H3. The molecule has 0 bridgehead atoms. The zero-order valence-corrected chi connectivity index (χ0v) is 18.4. The number of allylic oxidation sites excluding steroid dienone is 2. The van der Waals surface area contributed by atoms with E-state index in [2.05, 4.69) is 6.08 Å². The molecule has 2 aliphatic rings. The largest absolute Gasteiger partial charge is 0.496 e. The van der Waals surface area contributed by atoms with Crippen LogP contribution in [0.5, 0.6) is 11.5 Å². The summed E-state index contributed by atoms with van der Waals surface area (Å²) in [6.45, 7) is 5.93. The van der Waals surface area contributed by atoms with Gasteiger partial charge in [0.2, 0.25) is 5.91 Å². The molecule has 1 amide bonds. The fourth-order valence-electron chi connectivity index (χ4n) is 3.89. The Kier molecular flexibility index (Phi) is 7.11. The molecule has 0 spiro atoms. The number of ether oxygens (including phenoxy) is 3. The molecule has 0 saturated carbocycles. The summed E-state index contributed by atoms with van der Waals surface area (Å²) in [7, 11) is 3.19. The van der Waals surface area contributed by atoms with Crippen molar-refractivity contribution in [2.75, 3.05) is 38.8 Å². The third-order valence-electron chi connectivity index (χ3n) is 5.58. The van der Waals surface area contributed by atoms with E-state index >= 15 is 0 Å². The molecule has 3 rings (SSSR count). The average molecular weight is 420 g/mol. The topological polar surface area (TPSA) is 65.1 Å². The van der Waals surface area contributed by atoms with E-state index in [1.54, 1.807) is 14.2 Å². The molecule has 7 heteroatoms. The number of thioether (sulfide) groups is 1. The van der Waals surface area contributed by atoms with Gasteiger partial charge in [0.05, 0.1) is 14.2 Å². The predicted octanol–water partition coefficient (Wildman–Crippen LogP) is 3.53. The normalized spacial score (nSPS) is 16.5. The first-order valence-corrected chi connectivity index (χ1v) is 11.1. The number of amides is 1. The van der Waals surface area contributed by atoms with E-state index in [0.29, 0.717) is 24.2 Å². The van der Waals surface area contributed by atoms with Crippen LogP contribution in [0.25, 0.3) is 0 Å². The van der Waals surface area contributed by atoms with Gasteiger partial charge in [0.1, 0.15) is 23.7 Å². The van der Waals surface area contributed by atoms with Crippen molar-refractivity contribution in [1.29, 1.82) is 0 Å². The van der Waals surface area contributed by atoms with E-state index in [1.807, 2.05) is 30.5 Å². The summed E-state index contributed by atoms with van der Waals surface area (Å²) in [6, 6.07) is 0. The van der Waals surface area contributed by atoms with Crippen LogP contribution in [0.3, 0.4) is 0 Å². The molecule has 6 nitrogen and oxygen atoms in total. The molecule has 0 atom stereocenters. The average Bonchev–Trinajstić information content (AvgIpc) is 3.13. The predicted molar refractivity (Wildman–Crippen MR) is 114 cm³/mol. The van der Waals surface area contributed by atoms with Crippen molar-refractivity contribution in [3.8, 4) is 11.5 Å². The highest BCUT2D eigenvalue weighted by Gasteiger charge is 2.32. The lowest BCUT2D eigenvalue weighted by atomic mass is 9.94. The summed E-state index contributed by atoms with van der Waals surface area (Å²) in [5.41, 5.74) is 4.22. The maximum absolute atomic E-state index is 12.4. The summed E-state index contributed by atoms with van der Waals surface area (Å²) >= 11 is 1.90. The Morgan fingerprint density at radius 1 is 1.17 bits per heavy atom. The smallest absolute Gasteiger partial charge is 0.342 e. The number of hydrogen-bond donors (Lipinski definition) is 0. The minimum Gasteiger partial charge on any atom is -0.496 e. The van der Waals surface area contributed by atoms with Crippen LogP contribution < -0.4 is 9.47 Å². The molecule has 158 valence electrons. The summed E-state index contributed by atoms with van der Waals surface area (Å²) in [4.78, 5) is 26.6. The van der Waals surface area contributed by atoms with Crippen molar-refractivity contribution in [3.05, 3.63) is 33.9 Å². The Morgan fingerprint density at radius 2 is 1.86 bits per heavy atom. The fourth-order valence-corrected chi connectivity index (χ4v) is 4.79. The first-order valence-electron chi connectivity index (χ1n) is 9.92. The molecule has 1 aromatic rings. The number of methoxy groups -OCH3 is 2. The summed E-state index contributed by atoms with van der Waals surface area (Å²) in [5, 5.41) is 0. The van der Waals surface area contributed by atoms with E-state index in [-0.39, 0.29) is 18.5 Å². The van der Waals surface area contributed by atoms with Crippen LogP contribution in [-0.2, 0) is 22.6 Å². The molecular weight excluding hydrogens is 390 g/mol. The molecule has 1 saturated heterocycles. The van der Waals surface area contributed by atoms with Crippen molar-refractivity contribution in [2.45, 2.75) is 39.7 Å². The van der Waals surface area contributed by atoms with E-state index in [4.69, 9.17) is 14.2 Å². The number of esters is 1. The van der Waals surface area contributed by atoms with Gasteiger partial charge in [-0.05, 0) is 32.3 Å². The number of carbonyl (C=O) groups excluding carboxylic acids is 2. The molecule has 29 heavy (non-hydrogen) atoms. The fraction of sp³-hybridized carbons (Fsp3) is 0.545. The van der Waals surface area contributed by atoms with Crippen molar-refractivity contribution < 1.29 is 23.8 Å². The van der Waals surface area contributed by atoms with Crippen LogP contribution in [0.15, 0.2) is 11.6 Å². The van der Waals surface area contributed by atoms with Gasteiger partial charge in [-0.25, -0.2) is 4.79 Å². The monoisotopic (exact) mass is 419 g/mol. The second kappa shape index (κ2) is 9.57. The maximum atomic E-state index is 12.4. The van der Waals surface area contributed by atoms with Crippen LogP contribution >= 0.6 is 11.8 Å². The maximum Gasteiger partial charge on any atom is 0.342 e. The number of fused-ring (bicyclic) bond motifs is 1. The van der Waals surface area contributed by atoms with Gasteiger partial charge in [-0.2, -0.15) is 11.8 Å². The van der Waals surface area contributed by atoms with Crippen molar-refractivity contribution in [1.82, 2.24) is 4.90 Å². The van der Waals surface area contributed by atoms with Crippen molar-refractivity contribution >= 4 is 23.6 Å². The van der Waals surface area contributed by atoms with Crippen LogP contribution in [0.4, 0.5) is 0 Å².